The van der Waals surface area contributed by atoms with Crippen LogP contribution in [0.25, 0.3) is 0 Å². The van der Waals surface area contributed by atoms with Gasteiger partial charge < -0.3 is 9.84 Å². The molecular weight excluding hydrogens is 338 g/mol. The lowest BCUT2D eigenvalue weighted by atomic mass is 9.82. The lowest BCUT2D eigenvalue weighted by Gasteiger charge is -2.30. The Labute approximate surface area is 159 Å². The summed E-state index contributed by atoms with van der Waals surface area (Å²) in [5.74, 6) is 0.700. The molecule has 1 N–H and O–H groups in total. The summed E-state index contributed by atoms with van der Waals surface area (Å²) < 4.78 is 6.09. The van der Waals surface area contributed by atoms with Gasteiger partial charge in [0.1, 0.15) is 11.5 Å². The van der Waals surface area contributed by atoms with Gasteiger partial charge in [-0.2, -0.15) is 0 Å². The van der Waals surface area contributed by atoms with Gasteiger partial charge in [-0.05, 0) is 18.6 Å². The molecule has 4 rings (SSSR count). The Morgan fingerprint density at radius 2 is 1.67 bits per heavy atom. The zero-order valence-corrected chi connectivity index (χ0v) is 15.7. The van der Waals surface area contributed by atoms with Crippen molar-refractivity contribution in [1.29, 1.82) is 0 Å². The molecule has 1 aliphatic carbocycles. The number of carbonyl (C=O) groups is 1. The Kier molecular flexibility index (Phi) is 4.97. The van der Waals surface area contributed by atoms with Crippen LogP contribution < -0.4 is 4.74 Å². The van der Waals surface area contributed by atoms with Gasteiger partial charge in [0.15, 0.2) is 12.0 Å². The number of hydrogen-bond donors (Lipinski definition) is 1. The van der Waals surface area contributed by atoms with E-state index in [2.05, 4.69) is 6.92 Å². The molecule has 0 spiro atoms. The van der Waals surface area contributed by atoms with E-state index in [0.717, 1.165) is 18.4 Å². The molecule has 1 unspecified atom stereocenters. The van der Waals surface area contributed by atoms with E-state index < -0.39 is 0 Å². The SMILES string of the molecule is CCCCCCCCC1N=C2c3c(O)cccc3C(=O)c3cccc(c32)O1. The summed E-state index contributed by atoms with van der Waals surface area (Å²) in [5.41, 5.74) is 3.06. The second kappa shape index (κ2) is 7.55. The van der Waals surface area contributed by atoms with Crippen molar-refractivity contribution < 1.29 is 14.6 Å². The summed E-state index contributed by atoms with van der Waals surface area (Å²) in [6.45, 7) is 2.22. The number of phenols is 1. The van der Waals surface area contributed by atoms with Crippen LogP contribution in [0.5, 0.6) is 11.5 Å². The van der Waals surface area contributed by atoms with E-state index in [0.29, 0.717) is 28.2 Å². The second-order valence-corrected chi connectivity index (χ2v) is 7.31. The van der Waals surface area contributed by atoms with Gasteiger partial charge in [-0.15, -0.1) is 0 Å². The fourth-order valence-corrected chi connectivity index (χ4v) is 3.98. The maximum absolute atomic E-state index is 12.9. The monoisotopic (exact) mass is 363 g/mol. The number of carbonyl (C=O) groups excluding carboxylic acids is 1. The highest BCUT2D eigenvalue weighted by molar-refractivity contribution is 6.32. The molecule has 2 aliphatic rings. The van der Waals surface area contributed by atoms with Gasteiger partial charge in [0.2, 0.25) is 0 Å². The number of ketones is 1. The molecule has 1 heterocycles. The van der Waals surface area contributed by atoms with Gasteiger partial charge in [0.25, 0.3) is 0 Å². The zero-order valence-electron chi connectivity index (χ0n) is 15.7. The molecule has 140 valence electrons. The number of fused-ring (bicyclic) bond motifs is 2. The van der Waals surface area contributed by atoms with Crippen molar-refractivity contribution in [2.75, 3.05) is 0 Å². The number of rotatable bonds is 7. The third-order valence-electron chi connectivity index (χ3n) is 5.37. The topological polar surface area (TPSA) is 58.9 Å². The van der Waals surface area contributed by atoms with Crippen molar-refractivity contribution in [3.05, 3.63) is 58.7 Å². The molecule has 0 radical (unpaired) electrons. The summed E-state index contributed by atoms with van der Waals surface area (Å²) in [4.78, 5) is 17.7. The molecular formula is C23H25NO3. The van der Waals surface area contributed by atoms with Crippen molar-refractivity contribution in [2.45, 2.75) is 58.1 Å². The van der Waals surface area contributed by atoms with E-state index >= 15 is 0 Å². The lowest BCUT2D eigenvalue weighted by Crippen LogP contribution is -2.30. The lowest BCUT2D eigenvalue weighted by molar-refractivity contribution is 0.103. The van der Waals surface area contributed by atoms with Crippen molar-refractivity contribution in [3.8, 4) is 11.5 Å². The smallest absolute Gasteiger partial charge is 0.194 e. The van der Waals surface area contributed by atoms with E-state index in [-0.39, 0.29) is 17.8 Å². The number of aliphatic imine (C=N–C) groups is 1. The number of aromatic hydroxyl groups is 1. The van der Waals surface area contributed by atoms with E-state index in [4.69, 9.17) is 9.73 Å². The second-order valence-electron chi connectivity index (χ2n) is 7.31. The average molecular weight is 363 g/mol. The van der Waals surface area contributed by atoms with Gasteiger partial charge in [-0.25, -0.2) is 4.99 Å². The highest BCUT2D eigenvalue weighted by Crippen LogP contribution is 2.40. The van der Waals surface area contributed by atoms with Gasteiger partial charge >= 0.3 is 0 Å². The first-order chi connectivity index (χ1) is 13.2. The van der Waals surface area contributed by atoms with Crippen LogP contribution in [-0.2, 0) is 0 Å². The third-order valence-corrected chi connectivity index (χ3v) is 5.37. The first kappa shape index (κ1) is 17.8. The predicted octanol–water partition coefficient (Wildman–Crippen LogP) is 5.24. The fourth-order valence-electron chi connectivity index (χ4n) is 3.98. The maximum Gasteiger partial charge on any atom is 0.194 e. The van der Waals surface area contributed by atoms with Crippen LogP contribution in [0, 0.1) is 0 Å². The minimum atomic E-state index is -0.269. The number of benzene rings is 2. The molecule has 2 aromatic rings. The standard InChI is InChI=1S/C23H25NO3/c1-2-3-4-5-6-7-14-19-24-22-20-15(10-8-12-17(20)25)23(26)16-11-9-13-18(27-19)21(16)22/h8-13,19,25H,2-7,14H2,1H3. The maximum atomic E-state index is 12.9. The number of unbranched alkanes of at least 4 members (excludes halogenated alkanes) is 5. The first-order valence-corrected chi connectivity index (χ1v) is 9.95. The molecule has 27 heavy (non-hydrogen) atoms. The minimum Gasteiger partial charge on any atom is -0.507 e. The van der Waals surface area contributed by atoms with E-state index in [1.165, 1.54) is 32.1 Å². The summed E-state index contributed by atoms with van der Waals surface area (Å²) >= 11 is 0. The van der Waals surface area contributed by atoms with Gasteiger partial charge in [0.05, 0.1) is 16.8 Å². The van der Waals surface area contributed by atoms with E-state index in [1.54, 1.807) is 24.3 Å². The first-order valence-electron chi connectivity index (χ1n) is 9.95. The fraction of sp³-hybridized carbons (Fsp3) is 0.391. The Morgan fingerprint density at radius 3 is 2.48 bits per heavy atom. The van der Waals surface area contributed by atoms with Gasteiger partial charge in [-0.1, -0.05) is 63.3 Å². The average Bonchev–Trinajstić information content (AvgIpc) is 2.68. The normalized spacial score (nSPS) is 17.0. The summed E-state index contributed by atoms with van der Waals surface area (Å²) in [7, 11) is 0. The molecule has 1 atom stereocenters. The van der Waals surface area contributed by atoms with Crippen LogP contribution in [-0.4, -0.2) is 22.8 Å². The quantitative estimate of drug-likeness (QED) is 0.584. The van der Waals surface area contributed by atoms with Crippen LogP contribution in [0.15, 0.2) is 41.4 Å². The number of ether oxygens (including phenoxy) is 1. The Morgan fingerprint density at radius 1 is 0.963 bits per heavy atom. The Bertz CT molecular complexity index is 900. The van der Waals surface area contributed by atoms with Crippen LogP contribution in [0.3, 0.4) is 0 Å². The molecule has 4 heteroatoms. The number of hydrogen-bond acceptors (Lipinski definition) is 4. The Balaban J connectivity index is 1.62. The van der Waals surface area contributed by atoms with E-state index in [9.17, 15) is 9.90 Å². The van der Waals surface area contributed by atoms with Crippen molar-refractivity contribution in [3.63, 3.8) is 0 Å². The number of nitrogens with zero attached hydrogens (tertiary/aromatic N) is 1. The van der Waals surface area contributed by atoms with Crippen LogP contribution >= 0.6 is 0 Å². The zero-order chi connectivity index (χ0) is 18.8. The molecule has 0 fully saturated rings. The summed E-state index contributed by atoms with van der Waals surface area (Å²) in [5, 5.41) is 10.4. The highest BCUT2D eigenvalue weighted by Gasteiger charge is 2.35. The molecule has 4 nitrogen and oxygen atoms in total. The van der Waals surface area contributed by atoms with E-state index in [1.807, 2.05) is 12.1 Å². The molecule has 0 aromatic heterocycles. The molecule has 0 amide bonds. The number of phenolic OH excluding ortho intramolecular Hbond substituents is 1. The molecule has 0 bridgehead atoms. The Hall–Kier alpha value is -2.62. The highest BCUT2D eigenvalue weighted by atomic mass is 16.5. The van der Waals surface area contributed by atoms with Crippen LogP contribution in [0.4, 0.5) is 0 Å². The van der Waals surface area contributed by atoms with Crippen LogP contribution in [0.1, 0.15) is 78.9 Å². The van der Waals surface area contributed by atoms with Gasteiger partial charge in [-0.3, -0.25) is 4.79 Å². The molecule has 0 saturated heterocycles. The van der Waals surface area contributed by atoms with Crippen LogP contribution in [0.2, 0.25) is 0 Å². The van der Waals surface area contributed by atoms with Gasteiger partial charge in [0, 0.05) is 17.5 Å². The molecule has 0 saturated carbocycles. The van der Waals surface area contributed by atoms with Crippen molar-refractivity contribution in [2.24, 2.45) is 4.99 Å². The molecule has 1 aliphatic heterocycles. The largest absolute Gasteiger partial charge is 0.507 e. The predicted molar refractivity (Wildman–Crippen MR) is 106 cm³/mol. The minimum absolute atomic E-state index is 0.0883. The summed E-state index contributed by atoms with van der Waals surface area (Å²) in [6.07, 6.45) is 7.89. The molecule has 2 aromatic carbocycles. The van der Waals surface area contributed by atoms with Crippen molar-refractivity contribution >= 4 is 11.5 Å². The summed E-state index contributed by atoms with van der Waals surface area (Å²) in [6, 6.07) is 10.6. The van der Waals surface area contributed by atoms with Crippen molar-refractivity contribution in [1.82, 2.24) is 0 Å². The third kappa shape index (κ3) is 3.25.